The molecule has 4 nitrogen and oxygen atoms in total. The number of ether oxygens (including phenoxy) is 2. The SMILES string of the molecule is CCOC[P+](=O)CC(=O)OCC. The first kappa shape index (κ1) is 11.5. The lowest BCUT2D eigenvalue weighted by Crippen LogP contribution is -2.07. The average molecular weight is 193 g/mol. The largest absolute Gasteiger partial charge is 0.463 e. The van der Waals surface area contributed by atoms with Crippen molar-refractivity contribution in [1.29, 1.82) is 0 Å². The summed E-state index contributed by atoms with van der Waals surface area (Å²) in [7, 11) is -1.58. The van der Waals surface area contributed by atoms with Crippen molar-refractivity contribution in [2.45, 2.75) is 13.8 Å². The Kier molecular flexibility index (Phi) is 6.91. The molecule has 0 saturated heterocycles. The average Bonchev–Trinajstić information content (AvgIpc) is 2.01. The predicted molar refractivity (Wildman–Crippen MR) is 45.6 cm³/mol. The molecule has 5 heteroatoms. The predicted octanol–water partition coefficient (Wildman–Crippen LogP) is 1.37. The highest BCUT2D eigenvalue weighted by Crippen LogP contribution is 2.19. The minimum atomic E-state index is -1.58. The molecule has 1 unspecified atom stereocenters. The molecule has 0 aromatic heterocycles. The van der Waals surface area contributed by atoms with E-state index in [1.54, 1.807) is 6.92 Å². The second-order valence-corrected chi connectivity index (χ2v) is 3.60. The first-order valence-electron chi connectivity index (χ1n) is 3.86. The molecule has 0 aliphatic carbocycles. The van der Waals surface area contributed by atoms with Crippen LogP contribution in [-0.2, 0) is 18.8 Å². The van der Waals surface area contributed by atoms with Gasteiger partial charge in [0.1, 0.15) is 0 Å². The molecule has 0 radical (unpaired) electrons. The number of hydrogen-bond donors (Lipinski definition) is 0. The molecule has 0 rings (SSSR count). The first-order valence-corrected chi connectivity index (χ1v) is 5.49. The summed E-state index contributed by atoms with van der Waals surface area (Å²) in [4.78, 5) is 10.8. The van der Waals surface area contributed by atoms with Crippen molar-refractivity contribution in [3.63, 3.8) is 0 Å². The summed E-state index contributed by atoms with van der Waals surface area (Å²) in [5.41, 5.74) is 0. The van der Waals surface area contributed by atoms with Gasteiger partial charge in [-0.15, -0.1) is 0 Å². The van der Waals surface area contributed by atoms with Gasteiger partial charge < -0.3 is 9.47 Å². The molecular weight excluding hydrogens is 179 g/mol. The van der Waals surface area contributed by atoms with E-state index in [1.165, 1.54) is 0 Å². The van der Waals surface area contributed by atoms with E-state index in [-0.39, 0.29) is 12.5 Å². The third-order valence-corrected chi connectivity index (χ3v) is 2.13. The molecule has 0 aromatic carbocycles. The van der Waals surface area contributed by atoms with Crippen LogP contribution in [0.25, 0.3) is 0 Å². The van der Waals surface area contributed by atoms with Crippen molar-refractivity contribution in [2.24, 2.45) is 0 Å². The number of rotatable bonds is 6. The lowest BCUT2D eigenvalue weighted by atomic mass is 10.8. The summed E-state index contributed by atoms with van der Waals surface area (Å²) in [6, 6.07) is 0. The van der Waals surface area contributed by atoms with E-state index >= 15 is 0 Å². The van der Waals surface area contributed by atoms with Crippen LogP contribution in [0.15, 0.2) is 0 Å². The van der Waals surface area contributed by atoms with Gasteiger partial charge in [0.2, 0.25) is 12.5 Å². The second kappa shape index (κ2) is 7.19. The van der Waals surface area contributed by atoms with Gasteiger partial charge in [-0.05, 0) is 13.8 Å². The van der Waals surface area contributed by atoms with Gasteiger partial charge in [0, 0.05) is 6.61 Å². The maximum absolute atomic E-state index is 11.0. The lowest BCUT2D eigenvalue weighted by Gasteiger charge is -1.94. The molecule has 0 bridgehead atoms. The molecule has 70 valence electrons. The van der Waals surface area contributed by atoms with Gasteiger partial charge in [-0.3, -0.25) is 0 Å². The summed E-state index contributed by atoms with van der Waals surface area (Å²) in [5.74, 6) is -0.418. The van der Waals surface area contributed by atoms with Gasteiger partial charge in [0.15, 0.2) is 0 Å². The molecule has 0 saturated carbocycles. The molecule has 0 aliphatic heterocycles. The zero-order valence-corrected chi connectivity index (χ0v) is 8.30. The van der Waals surface area contributed by atoms with E-state index in [4.69, 9.17) is 4.74 Å². The standard InChI is InChI=1S/C7H14O4P/c1-3-10-6-12(9)5-7(8)11-4-2/h3-6H2,1-2H3/q+1. The Bertz CT molecular complexity index is 157. The van der Waals surface area contributed by atoms with Gasteiger partial charge in [-0.1, -0.05) is 4.57 Å². The Morgan fingerprint density at radius 2 is 2.00 bits per heavy atom. The first-order chi connectivity index (χ1) is 5.70. The van der Waals surface area contributed by atoms with E-state index < -0.39 is 13.8 Å². The zero-order valence-electron chi connectivity index (χ0n) is 7.41. The highest BCUT2D eigenvalue weighted by Gasteiger charge is 2.21. The van der Waals surface area contributed by atoms with Crippen LogP contribution in [0.4, 0.5) is 0 Å². The summed E-state index contributed by atoms with van der Waals surface area (Å²) in [6.07, 6.45) is 0.105. The van der Waals surface area contributed by atoms with E-state index in [2.05, 4.69) is 4.74 Å². The van der Waals surface area contributed by atoms with Crippen LogP contribution in [0, 0.1) is 0 Å². The van der Waals surface area contributed by atoms with Crippen LogP contribution in [0.3, 0.4) is 0 Å². The van der Waals surface area contributed by atoms with Gasteiger partial charge in [-0.25, -0.2) is 4.79 Å². The Hall–Kier alpha value is -0.470. The summed E-state index contributed by atoms with van der Waals surface area (Å²) < 4.78 is 20.5. The fourth-order valence-electron chi connectivity index (χ4n) is 0.589. The minimum absolute atomic E-state index is 0.0385. The molecule has 1 atom stereocenters. The summed E-state index contributed by atoms with van der Waals surface area (Å²) in [6.45, 7) is 4.38. The normalized spacial score (nSPS) is 11.0. The molecule has 0 spiro atoms. The van der Waals surface area contributed by atoms with Crippen LogP contribution in [-0.4, -0.2) is 31.7 Å². The number of carbonyl (C=O) groups excluding carboxylic acids is 1. The Morgan fingerprint density at radius 1 is 1.33 bits per heavy atom. The maximum atomic E-state index is 11.0. The van der Waals surface area contributed by atoms with Gasteiger partial charge in [-0.2, -0.15) is 0 Å². The fourth-order valence-corrected chi connectivity index (χ4v) is 1.45. The van der Waals surface area contributed by atoms with Crippen molar-refractivity contribution in [2.75, 3.05) is 25.7 Å². The van der Waals surface area contributed by atoms with Crippen LogP contribution in [0.1, 0.15) is 13.8 Å². The second-order valence-electron chi connectivity index (χ2n) is 2.07. The molecular formula is C7H14O4P+. The van der Waals surface area contributed by atoms with Crippen molar-refractivity contribution in [1.82, 2.24) is 0 Å². The molecule has 0 amide bonds. The van der Waals surface area contributed by atoms with Crippen molar-refractivity contribution >= 4 is 13.8 Å². The topological polar surface area (TPSA) is 52.6 Å². The zero-order chi connectivity index (χ0) is 9.40. The van der Waals surface area contributed by atoms with Crippen molar-refractivity contribution < 1.29 is 18.8 Å². The Labute approximate surface area is 73.0 Å². The molecule has 0 aliphatic rings. The van der Waals surface area contributed by atoms with E-state index in [9.17, 15) is 9.36 Å². The smallest absolute Gasteiger partial charge is 0.378 e. The Morgan fingerprint density at radius 3 is 2.50 bits per heavy atom. The highest BCUT2D eigenvalue weighted by atomic mass is 31.1. The van der Waals surface area contributed by atoms with Crippen LogP contribution in [0.5, 0.6) is 0 Å². The lowest BCUT2D eigenvalue weighted by molar-refractivity contribution is -0.140. The Balaban J connectivity index is 3.47. The number of esters is 1. The van der Waals surface area contributed by atoms with Crippen molar-refractivity contribution in [3.05, 3.63) is 0 Å². The third-order valence-electron chi connectivity index (χ3n) is 1.05. The molecule has 0 N–H and O–H groups in total. The molecule has 0 heterocycles. The monoisotopic (exact) mass is 193 g/mol. The quantitative estimate of drug-likeness (QED) is 0.472. The minimum Gasteiger partial charge on any atom is -0.463 e. The van der Waals surface area contributed by atoms with Crippen LogP contribution < -0.4 is 0 Å². The third kappa shape index (κ3) is 6.25. The number of hydrogen-bond acceptors (Lipinski definition) is 4. The van der Waals surface area contributed by atoms with E-state index in [0.29, 0.717) is 13.2 Å². The van der Waals surface area contributed by atoms with Gasteiger partial charge in [0.05, 0.1) is 6.61 Å². The van der Waals surface area contributed by atoms with Crippen LogP contribution in [0.2, 0.25) is 0 Å². The van der Waals surface area contributed by atoms with Crippen molar-refractivity contribution in [3.8, 4) is 0 Å². The van der Waals surface area contributed by atoms with Crippen LogP contribution >= 0.6 is 7.80 Å². The molecule has 12 heavy (non-hydrogen) atoms. The maximum Gasteiger partial charge on any atom is 0.378 e. The highest BCUT2D eigenvalue weighted by molar-refractivity contribution is 7.45. The van der Waals surface area contributed by atoms with E-state index in [0.717, 1.165) is 0 Å². The molecule has 0 fully saturated rings. The summed E-state index contributed by atoms with van der Waals surface area (Å²) >= 11 is 0. The summed E-state index contributed by atoms with van der Waals surface area (Å²) in [5, 5.41) is 0. The number of carbonyl (C=O) groups is 1. The molecule has 0 aromatic rings. The van der Waals surface area contributed by atoms with Gasteiger partial charge in [0.25, 0.3) is 0 Å². The van der Waals surface area contributed by atoms with E-state index in [1.807, 2.05) is 6.92 Å². The van der Waals surface area contributed by atoms with Gasteiger partial charge >= 0.3 is 13.8 Å². The fraction of sp³-hybridized carbons (Fsp3) is 0.857.